The molecule has 1 aliphatic heterocycles. The summed E-state index contributed by atoms with van der Waals surface area (Å²) in [6.45, 7) is 10.5. The van der Waals surface area contributed by atoms with Crippen LogP contribution in [0.2, 0.25) is 0 Å². The topological polar surface area (TPSA) is 70.0 Å². The molecule has 4 heterocycles. The number of pyridine rings is 2. The number of rotatable bonds is 10. The third kappa shape index (κ3) is 4.97. The molecular formula is C28H37N5O2S. The van der Waals surface area contributed by atoms with E-state index in [4.69, 9.17) is 4.98 Å². The van der Waals surface area contributed by atoms with Gasteiger partial charge in [-0.15, -0.1) is 11.3 Å². The molecule has 0 aliphatic carbocycles. The molecule has 0 spiro atoms. The van der Waals surface area contributed by atoms with Crippen molar-refractivity contribution in [2.75, 3.05) is 38.6 Å². The van der Waals surface area contributed by atoms with Crippen molar-refractivity contribution >= 4 is 51.1 Å². The summed E-state index contributed by atoms with van der Waals surface area (Å²) < 4.78 is 1.96. The number of anilines is 1. The van der Waals surface area contributed by atoms with Crippen LogP contribution in [-0.2, 0) is 0 Å². The van der Waals surface area contributed by atoms with Gasteiger partial charge in [-0.2, -0.15) is 0 Å². The molecule has 192 valence electrons. The van der Waals surface area contributed by atoms with Crippen LogP contribution in [0.15, 0.2) is 29.6 Å². The highest BCUT2D eigenvalue weighted by Gasteiger charge is 2.25. The maximum absolute atomic E-state index is 13.7. The normalized spacial score (nSPS) is 15.0. The molecule has 1 fully saturated rings. The predicted molar refractivity (Wildman–Crippen MR) is 152 cm³/mol. The lowest BCUT2D eigenvalue weighted by molar-refractivity contribution is 0.0950. The Bertz CT molecular complexity index is 1350. The average molecular weight is 508 g/mol. The van der Waals surface area contributed by atoms with Crippen molar-refractivity contribution in [3.63, 3.8) is 0 Å². The van der Waals surface area contributed by atoms with Crippen molar-refractivity contribution < 1.29 is 4.79 Å². The van der Waals surface area contributed by atoms with Crippen LogP contribution in [0.25, 0.3) is 28.0 Å². The van der Waals surface area contributed by atoms with Gasteiger partial charge in [-0.05, 0) is 71.0 Å². The Kier molecular flexibility index (Phi) is 8.26. The van der Waals surface area contributed by atoms with E-state index < -0.39 is 0 Å². The van der Waals surface area contributed by atoms with E-state index in [1.807, 2.05) is 35.6 Å². The van der Waals surface area contributed by atoms with Crippen molar-refractivity contribution in [1.29, 1.82) is 0 Å². The zero-order valence-electron chi connectivity index (χ0n) is 21.8. The molecule has 4 rings (SSSR count). The number of carbonyl (C=O) groups is 1. The first-order valence-corrected chi connectivity index (χ1v) is 13.7. The monoisotopic (exact) mass is 507 g/mol. The van der Waals surface area contributed by atoms with Gasteiger partial charge in [-0.3, -0.25) is 14.0 Å². The fourth-order valence-electron chi connectivity index (χ4n) is 5.03. The van der Waals surface area contributed by atoms with E-state index in [9.17, 15) is 9.59 Å². The van der Waals surface area contributed by atoms with E-state index in [1.165, 1.54) is 11.3 Å². The van der Waals surface area contributed by atoms with Gasteiger partial charge in [0, 0.05) is 25.7 Å². The number of allylic oxidation sites excluding steroid dienone is 1. The van der Waals surface area contributed by atoms with Crippen molar-refractivity contribution in [2.45, 2.75) is 52.0 Å². The van der Waals surface area contributed by atoms with Gasteiger partial charge in [-0.25, -0.2) is 4.98 Å². The minimum Gasteiger partial charge on any atom is -0.357 e. The fourth-order valence-corrected chi connectivity index (χ4v) is 6.15. The Morgan fingerprint density at radius 2 is 2.03 bits per heavy atom. The second kappa shape index (κ2) is 11.4. The summed E-state index contributed by atoms with van der Waals surface area (Å²) in [5.74, 6) is 0.537. The average Bonchev–Trinajstić information content (AvgIpc) is 3.52. The maximum Gasteiger partial charge on any atom is 0.258 e. The summed E-state index contributed by atoms with van der Waals surface area (Å²) in [5.41, 5.74) is 1.38. The summed E-state index contributed by atoms with van der Waals surface area (Å²) in [6.07, 6.45) is 11.0. The van der Waals surface area contributed by atoms with E-state index >= 15 is 0 Å². The summed E-state index contributed by atoms with van der Waals surface area (Å²) in [7, 11) is 4.13. The number of thiazole rings is 1. The van der Waals surface area contributed by atoms with Crippen LogP contribution >= 0.6 is 11.3 Å². The number of nitrogens with one attached hydrogen (secondary N) is 1. The molecule has 3 aromatic heterocycles. The first-order valence-electron chi connectivity index (χ1n) is 12.9. The first-order chi connectivity index (χ1) is 17.4. The van der Waals surface area contributed by atoms with Crippen LogP contribution in [0.4, 0.5) is 5.82 Å². The molecule has 1 saturated heterocycles. The van der Waals surface area contributed by atoms with Gasteiger partial charge in [0.25, 0.3) is 5.91 Å². The molecule has 1 aliphatic rings. The highest BCUT2D eigenvalue weighted by molar-refractivity contribution is 7.19. The van der Waals surface area contributed by atoms with Gasteiger partial charge >= 0.3 is 0 Å². The number of carbonyl (C=O) groups excluding carboxylic acids is 1. The molecule has 0 aromatic carbocycles. The van der Waals surface area contributed by atoms with Gasteiger partial charge in [0.1, 0.15) is 16.2 Å². The van der Waals surface area contributed by atoms with Crippen LogP contribution in [0.5, 0.6) is 0 Å². The van der Waals surface area contributed by atoms with E-state index in [2.05, 4.69) is 42.7 Å². The van der Waals surface area contributed by atoms with Crippen molar-refractivity contribution in [3.8, 4) is 0 Å². The number of hydrogen-bond donors (Lipinski definition) is 1. The summed E-state index contributed by atoms with van der Waals surface area (Å²) in [6, 6.07) is 4.12. The van der Waals surface area contributed by atoms with Crippen LogP contribution in [-0.4, -0.2) is 60.0 Å². The highest BCUT2D eigenvalue weighted by Crippen LogP contribution is 2.31. The van der Waals surface area contributed by atoms with Gasteiger partial charge in [0.15, 0.2) is 5.65 Å². The molecule has 0 saturated carbocycles. The van der Waals surface area contributed by atoms with Crippen LogP contribution in [0, 0.1) is 0 Å². The zero-order valence-corrected chi connectivity index (χ0v) is 22.7. The largest absolute Gasteiger partial charge is 0.357 e. The Morgan fingerprint density at radius 1 is 1.28 bits per heavy atom. The third-order valence-corrected chi connectivity index (χ3v) is 8.12. The molecule has 3 aromatic rings. The molecule has 36 heavy (non-hydrogen) atoms. The van der Waals surface area contributed by atoms with Crippen LogP contribution < -0.4 is 15.6 Å². The zero-order chi connectivity index (χ0) is 25.8. The molecule has 0 radical (unpaired) electrons. The lowest BCUT2D eigenvalue weighted by Crippen LogP contribution is -2.35. The number of amides is 1. The molecule has 1 unspecified atom stereocenters. The Hall–Kier alpha value is -2.97. The molecule has 0 bridgehead atoms. The summed E-state index contributed by atoms with van der Waals surface area (Å²) >= 11 is 1.41. The highest BCUT2D eigenvalue weighted by atomic mass is 32.1. The van der Waals surface area contributed by atoms with Gasteiger partial charge < -0.3 is 15.1 Å². The molecule has 1 atom stereocenters. The smallest absolute Gasteiger partial charge is 0.258 e. The molecule has 8 heteroatoms. The second-order valence-corrected chi connectivity index (χ2v) is 10.6. The number of fused-ring (bicyclic) bond motifs is 3. The minimum absolute atomic E-state index is 0.180. The van der Waals surface area contributed by atoms with Crippen molar-refractivity contribution in [1.82, 2.24) is 19.6 Å². The van der Waals surface area contributed by atoms with Gasteiger partial charge in [0.2, 0.25) is 5.43 Å². The fraction of sp³-hybridized carbons (Fsp3) is 0.464. The molecule has 1 amide bonds. The van der Waals surface area contributed by atoms with E-state index in [1.54, 1.807) is 6.08 Å². The Morgan fingerprint density at radius 3 is 2.67 bits per heavy atom. The standard InChI is InChI=1S/C28H37N5O2S/c1-6-11-19(31(4)5)15-16-29-27(35)24-25(34)20-13-14-23(32-17-9-10-18-32)30-26(20)33-21(12-7-2)22(8-3)36-28(24)33/h7-8,12-14,19H,3,6,9-11,15-18H2,1-2,4-5H3,(H,29,35)/b12-7-. The van der Waals surface area contributed by atoms with E-state index in [0.29, 0.717) is 28.5 Å². The Labute approximate surface area is 217 Å². The number of nitrogens with zero attached hydrogens (tertiary/aromatic N) is 4. The van der Waals surface area contributed by atoms with E-state index in [-0.39, 0.29) is 16.9 Å². The van der Waals surface area contributed by atoms with Gasteiger partial charge in [0.05, 0.1) is 16.0 Å². The third-order valence-electron chi connectivity index (χ3n) is 6.94. The minimum atomic E-state index is -0.332. The summed E-state index contributed by atoms with van der Waals surface area (Å²) in [4.78, 5) is 38.1. The number of aromatic nitrogens is 2. The van der Waals surface area contributed by atoms with Crippen LogP contribution in [0.3, 0.4) is 0 Å². The second-order valence-electron chi connectivity index (χ2n) is 9.59. The Balaban J connectivity index is 1.83. The maximum atomic E-state index is 13.7. The summed E-state index contributed by atoms with van der Waals surface area (Å²) in [5, 5.41) is 3.49. The van der Waals surface area contributed by atoms with Crippen LogP contribution in [0.1, 0.15) is 66.9 Å². The van der Waals surface area contributed by atoms with Gasteiger partial charge in [-0.1, -0.05) is 26.0 Å². The number of hydrogen-bond acceptors (Lipinski definition) is 6. The molecule has 1 N–H and O–H groups in total. The predicted octanol–water partition coefficient (Wildman–Crippen LogP) is 5.04. The quantitative estimate of drug-likeness (QED) is 0.417. The first kappa shape index (κ1) is 26.1. The lowest BCUT2D eigenvalue weighted by atomic mass is 10.1. The lowest BCUT2D eigenvalue weighted by Gasteiger charge is -2.23. The molecule has 7 nitrogen and oxygen atoms in total. The molecular weight excluding hydrogens is 470 g/mol. The van der Waals surface area contributed by atoms with Crippen molar-refractivity contribution in [2.24, 2.45) is 0 Å². The SMILES string of the molecule is C=Cc1sc2c(C(=O)NCCC(CCC)N(C)C)c(=O)c3ccc(N4CCCC4)nc3n2c1/C=C\C. The van der Waals surface area contributed by atoms with Crippen molar-refractivity contribution in [3.05, 3.63) is 51.1 Å². The van der Waals surface area contributed by atoms with E-state index in [0.717, 1.165) is 61.6 Å².